The third kappa shape index (κ3) is 3.72. The molecular weight excluding hydrogens is 456 g/mol. The molecule has 0 spiro atoms. The van der Waals surface area contributed by atoms with E-state index >= 15 is 0 Å². The Bertz CT molecular complexity index is 1570. The summed E-state index contributed by atoms with van der Waals surface area (Å²) in [6.45, 7) is 0. The average Bonchev–Trinajstić information content (AvgIpc) is 2.83. The summed E-state index contributed by atoms with van der Waals surface area (Å²) in [4.78, 5) is 36.6. The number of rotatable bonds is 4. The first-order valence-electron chi connectivity index (χ1n) is 10.5. The van der Waals surface area contributed by atoms with Gasteiger partial charge in [0.15, 0.2) is 16.9 Å². The van der Waals surface area contributed by atoms with Crippen LogP contribution < -0.4 is 14.9 Å². The molecule has 0 saturated carbocycles. The average molecular weight is 474 g/mol. The van der Waals surface area contributed by atoms with Gasteiger partial charge in [-0.3, -0.25) is 9.59 Å². The lowest BCUT2D eigenvalue weighted by atomic mass is 9.84. The first-order chi connectivity index (χ1) is 16.8. The predicted molar refractivity (Wildman–Crippen MR) is 123 cm³/mol. The predicted octanol–water partition coefficient (Wildman–Crippen LogP) is 4.02. The number of fused-ring (bicyclic) bond motifs is 3. The van der Waals surface area contributed by atoms with E-state index in [2.05, 4.69) is 0 Å². The molecule has 0 unspecified atom stereocenters. The number of carboxylic acids is 1. The lowest BCUT2D eigenvalue weighted by Crippen LogP contribution is -2.22. The minimum Gasteiger partial charge on any atom is -0.507 e. The van der Waals surface area contributed by atoms with Crippen molar-refractivity contribution < 1.29 is 38.8 Å². The van der Waals surface area contributed by atoms with Crippen molar-refractivity contribution in [3.8, 4) is 34.3 Å². The van der Waals surface area contributed by atoms with Gasteiger partial charge in [-0.1, -0.05) is 12.1 Å². The van der Waals surface area contributed by atoms with Crippen LogP contribution in [0.2, 0.25) is 0 Å². The molecule has 0 saturated heterocycles. The minimum absolute atomic E-state index is 0.0256. The lowest BCUT2D eigenvalue weighted by Gasteiger charge is -2.26. The maximum atomic E-state index is 13.0. The zero-order valence-electron chi connectivity index (χ0n) is 18.3. The maximum absolute atomic E-state index is 13.0. The van der Waals surface area contributed by atoms with Crippen LogP contribution in [0.4, 0.5) is 0 Å². The highest BCUT2D eigenvalue weighted by Gasteiger charge is 2.33. The second kappa shape index (κ2) is 8.21. The molecule has 9 nitrogen and oxygen atoms in total. The number of carbonyl (C=O) groups is 2. The molecule has 4 aromatic rings. The number of benzene rings is 3. The highest BCUT2D eigenvalue weighted by molar-refractivity contribution is 5.93. The van der Waals surface area contributed by atoms with Gasteiger partial charge in [0.1, 0.15) is 28.2 Å². The second-order valence-corrected chi connectivity index (χ2v) is 8.03. The first-order valence-corrected chi connectivity index (χ1v) is 10.5. The third-order valence-corrected chi connectivity index (χ3v) is 5.95. The summed E-state index contributed by atoms with van der Waals surface area (Å²) in [5.41, 5.74) is 0.934. The van der Waals surface area contributed by atoms with Crippen molar-refractivity contribution in [2.75, 3.05) is 7.11 Å². The number of aromatic hydroxyl groups is 2. The van der Waals surface area contributed by atoms with Crippen molar-refractivity contribution in [1.29, 1.82) is 0 Å². The van der Waals surface area contributed by atoms with Crippen molar-refractivity contribution in [2.45, 2.75) is 12.3 Å². The zero-order chi connectivity index (χ0) is 24.9. The van der Waals surface area contributed by atoms with Gasteiger partial charge in [0.05, 0.1) is 19.1 Å². The highest BCUT2D eigenvalue weighted by Crippen LogP contribution is 2.46. The molecule has 5 rings (SSSR count). The van der Waals surface area contributed by atoms with Crippen LogP contribution >= 0.6 is 0 Å². The lowest BCUT2D eigenvalue weighted by molar-refractivity contribution is -0.135. The molecule has 0 aliphatic carbocycles. The van der Waals surface area contributed by atoms with Gasteiger partial charge in [0.2, 0.25) is 0 Å². The molecule has 0 radical (unpaired) electrons. The summed E-state index contributed by atoms with van der Waals surface area (Å²) in [7, 11) is 1.41. The molecule has 35 heavy (non-hydrogen) atoms. The number of ether oxygens (including phenoxy) is 2. The number of aromatic carboxylic acids is 1. The number of methoxy groups -OCH3 is 1. The van der Waals surface area contributed by atoms with E-state index in [4.69, 9.17) is 13.9 Å². The number of hydrogen-bond donors (Lipinski definition) is 3. The van der Waals surface area contributed by atoms with E-state index in [1.165, 1.54) is 43.5 Å². The standard InChI is InChI=1S/C26H18O9/c1-33-19-7-6-14(8-16(19)27)20-10-17(28)24-18(29)11-21-23(25(24)35-20)15(9-22(30)34-21)12-2-4-13(5-3-12)26(31)32/h2-8,10-11,15,27,29H,9H2,1H3,(H,31,32)/t15-/m1/s1. The van der Waals surface area contributed by atoms with Crippen molar-refractivity contribution in [2.24, 2.45) is 0 Å². The van der Waals surface area contributed by atoms with Gasteiger partial charge in [-0.05, 0) is 35.9 Å². The Morgan fingerprint density at radius 1 is 1.00 bits per heavy atom. The summed E-state index contributed by atoms with van der Waals surface area (Å²) in [6.07, 6.45) is -0.0868. The van der Waals surface area contributed by atoms with Crippen LogP contribution in [0.15, 0.2) is 63.8 Å². The summed E-state index contributed by atoms with van der Waals surface area (Å²) in [5, 5.41) is 29.8. The highest BCUT2D eigenvalue weighted by atomic mass is 16.5. The number of carboxylic acid groups (broad SMARTS) is 1. The fourth-order valence-electron chi connectivity index (χ4n) is 4.29. The number of esters is 1. The van der Waals surface area contributed by atoms with Crippen LogP contribution in [0.5, 0.6) is 23.0 Å². The van der Waals surface area contributed by atoms with E-state index in [-0.39, 0.29) is 46.0 Å². The molecule has 176 valence electrons. The van der Waals surface area contributed by atoms with E-state index in [1.807, 2.05) is 0 Å². The summed E-state index contributed by atoms with van der Waals surface area (Å²) in [6, 6.07) is 12.9. The van der Waals surface area contributed by atoms with Crippen LogP contribution in [0.1, 0.15) is 33.8 Å². The van der Waals surface area contributed by atoms with Gasteiger partial charge in [-0.2, -0.15) is 0 Å². The third-order valence-electron chi connectivity index (χ3n) is 5.95. The van der Waals surface area contributed by atoms with Gasteiger partial charge >= 0.3 is 11.9 Å². The van der Waals surface area contributed by atoms with Crippen LogP contribution in [0.3, 0.4) is 0 Å². The van der Waals surface area contributed by atoms with Crippen molar-refractivity contribution in [1.82, 2.24) is 0 Å². The molecule has 1 aliphatic heterocycles. The number of hydrogen-bond acceptors (Lipinski definition) is 8. The molecule has 9 heteroatoms. The fraction of sp³-hybridized carbons (Fsp3) is 0.115. The molecule has 2 heterocycles. The Labute approximate surface area is 197 Å². The smallest absolute Gasteiger partial charge is 0.335 e. The molecule has 3 aromatic carbocycles. The Morgan fingerprint density at radius 3 is 2.40 bits per heavy atom. The van der Waals surface area contributed by atoms with Crippen LogP contribution in [0.25, 0.3) is 22.3 Å². The Kier molecular flexibility index (Phi) is 5.17. The van der Waals surface area contributed by atoms with E-state index < -0.39 is 29.0 Å². The number of phenolic OH excluding ortho intramolecular Hbond substituents is 2. The van der Waals surface area contributed by atoms with E-state index in [1.54, 1.807) is 18.2 Å². The van der Waals surface area contributed by atoms with Crippen LogP contribution in [-0.2, 0) is 4.79 Å². The zero-order valence-corrected chi connectivity index (χ0v) is 18.3. The number of carbonyl (C=O) groups excluding carboxylic acids is 1. The second-order valence-electron chi connectivity index (χ2n) is 8.03. The maximum Gasteiger partial charge on any atom is 0.335 e. The molecule has 0 bridgehead atoms. The topological polar surface area (TPSA) is 144 Å². The molecule has 1 aromatic heterocycles. The normalized spacial score (nSPS) is 14.9. The van der Waals surface area contributed by atoms with Gasteiger partial charge in [0, 0.05) is 29.2 Å². The van der Waals surface area contributed by atoms with Crippen molar-refractivity contribution in [3.05, 3.63) is 81.5 Å². The molecule has 3 N–H and O–H groups in total. The largest absolute Gasteiger partial charge is 0.507 e. The summed E-state index contributed by atoms with van der Waals surface area (Å²) >= 11 is 0. The van der Waals surface area contributed by atoms with Gasteiger partial charge in [-0.25, -0.2) is 4.79 Å². The Hall–Kier alpha value is -4.79. The SMILES string of the molecule is COc1ccc(-c2cc(=O)c3c(O)cc4c(c3o2)[C@@H](c2ccc(C(=O)O)cc2)CC(=O)O4)cc1O. The molecular formula is C26H18O9. The monoisotopic (exact) mass is 474 g/mol. The first kappa shape index (κ1) is 22.0. The van der Waals surface area contributed by atoms with Gasteiger partial charge in [-0.15, -0.1) is 0 Å². The fourth-order valence-corrected chi connectivity index (χ4v) is 4.29. The number of phenols is 2. The van der Waals surface area contributed by atoms with Crippen molar-refractivity contribution in [3.63, 3.8) is 0 Å². The summed E-state index contributed by atoms with van der Waals surface area (Å²) in [5.74, 6) is -2.44. The summed E-state index contributed by atoms with van der Waals surface area (Å²) < 4.78 is 16.5. The van der Waals surface area contributed by atoms with E-state index in [0.717, 1.165) is 0 Å². The quantitative estimate of drug-likeness (QED) is 0.295. The van der Waals surface area contributed by atoms with E-state index in [0.29, 0.717) is 16.7 Å². The molecule has 1 aliphatic rings. The van der Waals surface area contributed by atoms with Crippen LogP contribution in [0, 0.1) is 0 Å². The Morgan fingerprint density at radius 2 is 1.74 bits per heavy atom. The molecule has 0 amide bonds. The minimum atomic E-state index is -1.09. The van der Waals surface area contributed by atoms with Gasteiger partial charge < -0.3 is 29.2 Å². The Balaban J connectivity index is 1.76. The van der Waals surface area contributed by atoms with Gasteiger partial charge in [0.25, 0.3) is 0 Å². The van der Waals surface area contributed by atoms with E-state index in [9.17, 15) is 29.7 Å². The van der Waals surface area contributed by atoms with Crippen LogP contribution in [-0.4, -0.2) is 34.4 Å². The van der Waals surface area contributed by atoms with Crippen molar-refractivity contribution >= 4 is 22.9 Å². The molecule has 1 atom stereocenters. The molecule has 0 fully saturated rings.